The van der Waals surface area contributed by atoms with E-state index in [1.54, 1.807) is 4.90 Å². The third-order valence-electron chi connectivity index (χ3n) is 5.25. The number of hydrogen-bond donors (Lipinski definition) is 2. The summed E-state index contributed by atoms with van der Waals surface area (Å²) in [4.78, 5) is 43.3. The number of aromatic amines is 1. The van der Waals surface area contributed by atoms with Crippen molar-refractivity contribution in [3.8, 4) is 0 Å². The number of H-pyrrole nitrogens is 1. The smallest absolute Gasteiger partial charge is 0.342 e. The Labute approximate surface area is 173 Å². The average Bonchev–Trinajstić information content (AvgIpc) is 3.31. The third-order valence-corrected chi connectivity index (χ3v) is 5.25. The van der Waals surface area contributed by atoms with Crippen LogP contribution in [-0.4, -0.2) is 44.4 Å². The number of carbonyl (C=O) groups excluding carboxylic acids is 2. The number of hydrogen-bond acceptors (Lipinski definition) is 4. The number of anilines is 1. The van der Waals surface area contributed by atoms with Crippen molar-refractivity contribution >= 4 is 23.1 Å². The molecule has 1 aliphatic rings. The fourth-order valence-electron chi connectivity index (χ4n) is 3.59. The number of halogens is 3. The van der Waals surface area contributed by atoms with Gasteiger partial charge in [0.25, 0.3) is 11.5 Å². The number of carbonyl (C=O) groups is 2. The van der Waals surface area contributed by atoms with Gasteiger partial charge >= 0.3 is 6.18 Å². The second-order valence-corrected chi connectivity index (χ2v) is 7.23. The summed E-state index contributed by atoms with van der Waals surface area (Å²) < 4.78 is 39.2. The maximum absolute atomic E-state index is 12.7. The van der Waals surface area contributed by atoms with Gasteiger partial charge in [-0.05, 0) is 31.2 Å². The SMILES string of the molecule is CCN1C[C@@H](c2cc(=O)n3[nH]cc(C(=O)Nc4ccc(C(F)(F)F)cc4)c3n2)CC1=O. The zero-order chi connectivity index (χ0) is 22.3. The number of alkyl halides is 3. The summed E-state index contributed by atoms with van der Waals surface area (Å²) in [6.45, 7) is 2.86. The zero-order valence-corrected chi connectivity index (χ0v) is 16.4. The van der Waals surface area contributed by atoms with E-state index < -0.39 is 23.2 Å². The van der Waals surface area contributed by atoms with E-state index in [1.165, 1.54) is 12.3 Å². The predicted octanol–water partition coefficient (Wildman–Crippen LogP) is 2.63. The zero-order valence-electron chi connectivity index (χ0n) is 16.4. The molecular formula is C20H18F3N5O3. The van der Waals surface area contributed by atoms with Crippen LogP contribution >= 0.6 is 0 Å². The molecule has 2 N–H and O–H groups in total. The van der Waals surface area contributed by atoms with Crippen molar-refractivity contribution < 1.29 is 22.8 Å². The number of amides is 2. The second kappa shape index (κ2) is 7.56. The van der Waals surface area contributed by atoms with Crippen LogP contribution in [0.2, 0.25) is 0 Å². The summed E-state index contributed by atoms with van der Waals surface area (Å²) in [6, 6.07) is 5.34. The molecule has 4 rings (SSSR count). The van der Waals surface area contributed by atoms with Gasteiger partial charge in [-0.3, -0.25) is 19.5 Å². The summed E-state index contributed by atoms with van der Waals surface area (Å²) >= 11 is 0. The maximum atomic E-state index is 12.7. The summed E-state index contributed by atoms with van der Waals surface area (Å²) in [5, 5.41) is 5.16. The van der Waals surface area contributed by atoms with Crippen LogP contribution in [0.15, 0.2) is 41.3 Å². The van der Waals surface area contributed by atoms with E-state index in [4.69, 9.17) is 0 Å². The molecule has 3 heterocycles. The first-order chi connectivity index (χ1) is 14.7. The highest BCUT2D eigenvalue weighted by atomic mass is 19.4. The molecule has 2 amide bonds. The standard InChI is InChI=1S/C20H18F3N5O3/c1-2-27-10-11(7-16(27)29)15-8-17(30)28-18(26-15)14(9-24-28)19(31)25-13-5-3-12(4-6-13)20(21,22)23/h3-6,8-9,11,24H,2,7,10H2,1H3,(H,25,31)/t11-/m0/s1. The van der Waals surface area contributed by atoms with Crippen molar-refractivity contribution in [2.45, 2.75) is 25.4 Å². The van der Waals surface area contributed by atoms with Gasteiger partial charge in [0.1, 0.15) is 5.56 Å². The van der Waals surface area contributed by atoms with E-state index >= 15 is 0 Å². The number of aromatic nitrogens is 3. The van der Waals surface area contributed by atoms with Gasteiger partial charge < -0.3 is 10.2 Å². The van der Waals surface area contributed by atoms with Crippen molar-refractivity contribution in [2.75, 3.05) is 18.4 Å². The van der Waals surface area contributed by atoms with E-state index in [9.17, 15) is 27.6 Å². The van der Waals surface area contributed by atoms with Gasteiger partial charge in [-0.1, -0.05) is 0 Å². The molecule has 0 aliphatic carbocycles. The first kappa shape index (κ1) is 20.6. The van der Waals surface area contributed by atoms with Gasteiger partial charge in [0.2, 0.25) is 5.91 Å². The average molecular weight is 433 g/mol. The highest BCUT2D eigenvalue weighted by molar-refractivity contribution is 6.08. The van der Waals surface area contributed by atoms with Gasteiger partial charge in [0, 0.05) is 43.4 Å². The molecule has 1 aromatic carbocycles. The highest BCUT2D eigenvalue weighted by Crippen LogP contribution is 2.30. The molecule has 0 radical (unpaired) electrons. The molecule has 2 aromatic heterocycles. The van der Waals surface area contributed by atoms with Crippen molar-refractivity contribution in [1.29, 1.82) is 0 Å². The van der Waals surface area contributed by atoms with Crippen LogP contribution in [0.3, 0.4) is 0 Å². The predicted molar refractivity (Wildman–Crippen MR) is 105 cm³/mol. The monoisotopic (exact) mass is 433 g/mol. The Morgan fingerprint density at radius 3 is 2.58 bits per heavy atom. The molecule has 8 nitrogen and oxygen atoms in total. The lowest BCUT2D eigenvalue weighted by molar-refractivity contribution is -0.137. The second-order valence-electron chi connectivity index (χ2n) is 7.23. The molecule has 162 valence electrons. The van der Waals surface area contributed by atoms with E-state index in [1.807, 2.05) is 6.92 Å². The lowest BCUT2D eigenvalue weighted by atomic mass is 10.0. The number of likely N-dealkylation sites (tertiary alicyclic amines) is 1. The van der Waals surface area contributed by atoms with Crippen LogP contribution in [0.4, 0.5) is 18.9 Å². The van der Waals surface area contributed by atoms with Gasteiger partial charge in [0.15, 0.2) is 5.65 Å². The number of nitrogens with zero attached hydrogens (tertiary/aromatic N) is 3. The Bertz CT molecular complexity index is 1210. The van der Waals surface area contributed by atoms with Gasteiger partial charge in [-0.15, -0.1) is 0 Å². The Hall–Kier alpha value is -3.63. The number of benzene rings is 1. The minimum absolute atomic E-state index is 0.0242. The van der Waals surface area contributed by atoms with E-state index in [0.717, 1.165) is 28.8 Å². The summed E-state index contributed by atoms with van der Waals surface area (Å²) in [5.74, 6) is -0.921. The lowest BCUT2D eigenvalue weighted by Gasteiger charge is -2.13. The Kier molecular flexibility index (Phi) is 5.03. The van der Waals surface area contributed by atoms with Crippen molar-refractivity contribution in [1.82, 2.24) is 19.5 Å². The van der Waals surface area contributed by atoms with Crippen LogP contribution in [0.25, 0.3) is 5.65 Å². The molecule has 1 saturated heterocycles. The minimum atomic E-state index is -4.48. The molecule has 3 aromatic rings. The molecule has 1 atom stereocenters. The molecule has 0 bridgehead atoms. The van der Waals surface area contributed by atoms with Crippen LogP contribution in [0.1, 0.15) is 40.9 Å². The normalized spacial score (nSPS) is 16.8. The minimum Gasteiger partial charge on any atom is -0.342 e. The molecule has 1 fully saturated rings. The fourth-order valence-corrected chi connectivity index (χ4v) is 3.59. The van der Waals surface area contributed by atoms with Crippen LogP contribution in [-0.2, 0) is 11.0 Å². The van der Waals surface area contributed by atoms with Gasteiger partial charge in [-0.25, -0.2) is 9.50 Å². The Morgan fingerprint density at radius 2 is 1.97 bits per heavy atom. The molecule has 31 heavy (non-hydrogen) atoms. The third kappa shape index (κ3) is 3.90. The quantitative estimate of drug-likeness (QED) is 0.661. The number of nitrogens with one attached hydrogen (secondary N) is 2. The number of rotatable bonds is 4. The van der Waals surface area contributed by atoms with Gasteiger partial charge in [-0.2, -0.15) is 13.2 Å². The lowest BCUT2D eigenvalue weighted by Crippen LogP contribution is -2.24. The summed E-state index contributed by atoms with van der Waals surface area (Å²) in [5.41, 5.74) is -0.559. The first-order valence-corrected chi connectivity index (χ1v) is 9.55. The molecular weight excluding hydrogens is 415 g/mol. The van der Waals surface area contributed by atoms with E-state index in [-0.39, 0.29) is 35.1 Å². The highest BCUT2D eigenvalue weighted by Gasteiger charge is 2.32. The first-order valence-electron chi connectivity index (χ1n) is 9.55. The Morgan fingerprint density at radius 1 is 1.26 bits per heavy atom. The van der Waals surface area contributed by atoms with Crippen LogP contribution in [0.5, 0.6) is 0 Å². The van der Waals surface area contributed by atoms with Gasteiger partial charge in [0.05, 0.1) is 11.3 Å². The molecule has 1 aliphatic heterocycles. The van der Waals surface area contributed by atoms with Crippen LogP contribution < -0.4 is 10.9 Å². The summed E-state index contributed by atoms with van der Waals surface area (Å²) in [6.07, 6.45) is -2.95. The van der Waals surface area contributed by atoms with E-state index in [2.05, 4.69) is 15.4 Å². The molecule has 0 unspecified atom stereocenters. The Balaban J connectivity index is 1.62. The topological polar surface area (TPSA) is 99.6 Å². The van der Waals surface area contributed by atoms with E-state index in [0.29, 0.717) is 18.8 Å². The summed E-state index contributed by atoms with van der Waals surface area (Å²) in [7, 11) is 0. The molecule has 0 saturated carbocycles. The number of likely N-dealkylation sites (N-methyl/N-ethyl adjacent to an activating group) is 1. The van der Waals surface area contributed by atoms with Crippen LogP contribution in [0, 0.1) is 0 Å². The maximum Gasteiger partial charge on any atom is 0.416 e. The molecule has 11 heteroatoms. The fraction of sp³-hybridized carbons (Fsp3) is 0.300. The van der Waals surface area contributed by atoms with Crippen molar-refractivity contribution in [3.05, 3.63) is 63.7 Å². The molecule has 0 spiro atoms. The van der Waals surface area contributed by atoms with Crippen molar-refractivity contribution in [3.63, 3.8) is 0 Å². The largest absolute Gasteiger partial charge is 0.416 e. The number of fused-ring (bicyclic) bond motifs is 1. The van der Waals surface area contributed by atoms with Crippen molar-refractivity contribution in [2.24, 2.45) is 0 Å².